The van der Waals surface area contributed by atoms with Crippen LogP contribution in [0.4, 0.5) is 11.4 Å². The van der Waals surface area contributed by atoms with Gasteiger partial charge < -0.3 is 20.1 Å². The van der Waals surface area contributed by atoms with Gasteiger partial charge in [0.1, 0.15) is 11.5 Å². The van der Waals surface area contributed by atoms with Crippen LogP contribution in [0.15, 0.2) is 47.6 Å². The quantitative estimate of drug-likeness (QED) is 0.223. The van der Waals surface area contributed by atoms with Crippen molar-refractivity contribution >= 4 is 57.4 Å². The van der Waals surface area contributed by atoms with Gasteiger partial charge >= 0.3 is 11.8 Å². The highest BCUT2D eigenvalue weighted by Gasteiger charge is 2.16. The number of hydrogen-bond donors (Lipinski definition) is 3. The second-order valence-corrected chi connectivity index (χ2v) is 7.29. The van der Waals surface area contributed by atoms with Gasteiger partial charge in [0.2, 0.25) is 5.91 Å². The molecule has 0 saturated heterocycles. The molecule has 0 radical (unpaired) electrons. The highest BCUT2D eigenvalue weighted by atomic mass is 127. The van der Waals surface area contributed by atoms with Crippen molar-refractivity contribution in [3.8, 4) is 11.5 Å². The zero-order chi connectivity index (χ0) is 22.1. The monoisotopic (exact) mass is 524 g/mol. The highest BCUT2D eigenvalue weighted by Crippen LogP contribution is 2.28. The van der Waals surface area contributed by atoms with Gasteiger partial charge in [0.05, 0.1) is 26.3 Å². The lowest BCUT2D eigenvalue weighted by atomic mass is 10.2. The van der Waals surface area contributed by atoms with E-state index >= 15 is 0 Å². The number of halogens is 1. The lowest BCUT2D eigenvalue weighted by molar-refractivity contribution is -0.136. The summed E-state index contributed by atoms with van der Waals surface area (Å²) >= 11 is 2.15. The standard InChI is InChI=1S/C20H21IN4O5/c1-12(9-18(26)22-14-6-4-5-13(21)10-14)24-25-20(28)19(27)23-16-11-15(29-2)7-8-17(16)30-3/h4-8,10-11H,9H2,1-3H3,(H,22,26)(H,23,27)(H,25,28). The summed E-state index contributed by atoms with van der Waals surface area (Å²) in [7, 11) is 2.92. The first-order valence-corrected chi connectivity index (χ1v) is 9.82. The fourth-order valence-corrected chi connectivity index (χ4v) is 2.87. The zero-order valence-electron chi connectivity index (χ0n) is 16.6. The number of hydrazone groups is 1. The summed E-state index contributed by atoms with van der Waals surface area (Å²) in [5.41, 5.74) is 3.40. The molecule has 30 heavy (non-hydrogen) atoms. The van der Waals surface area contributed by atoms with Gasteiger partial charge in [-0.2, -0.15) is 5.10 Å². The van der Waals surface area contributed by atoms with Crippen LogP contribution in [-0.2, 0) is 14.4 Å². The number of ether oxygens (including phenoxy) is 2. The van der Waals surface area contributed by atoms with E-state index in [2.05, 4.69) is 43.8 Å². The van der Waals surface area contributed by atoms with E-state index in [1.807, 2.05) is 18.2 Å². The van der Waals surface area contributed by atoms with E-state index in [1.165, 1.54) is 20.3 Å². The highest BCUT2D eigenvalue weighted by molar-refractivity contribution is 14.1. The maximum absolute atomic E-state index is 12.1. The number of hydrogen-bond acceptors (Lipinski definition) is 6. The second-order valence-electron chi connectivity index (χ2n) is 6.04. The molecule has 0 unspecified atom stereocenters. The average molecular weight is 524 g/mol. The fourth-order valence-electron chi connectivity index (χ4n) is 2.33. The molecule has 9 nitrogen and oxygen atoms in total. The van der Waals surface area contributed by atoms with Gasteiger partial charge in [-0.15, -0.1) is 0 Å². The Morgan fingerprint density at radius 2 is 1.77 bits per heavy atom. The van der Waals surface area contributed by atoms with Crippen LogP contribution in [0.2, 0.25) is 0 Å². The summed E-state index contributed by atoms with van der Waals surface area (Å²) in [6.07, 6.45) is -0.0446. The molecule has 3 amide bonds. The van der Waals surface area contributed by atoms with Gasteiger partial charge in [-0.1, -0.05) is 6.07 Å². The van der Waals surface area contributed by atoms with Gasteiger partial charge in [0, 0.05) is 21.0 Å². The topological polar surface area (TPSA) is 118 Å². The Morgan fingerprint density at radius 1 is 1.00 bits per heavy atom. The average Bonchev–Trinajstić information content (AvgIpc) is 2.71. The third-order valence-electron chi connectivity index (χ3n) is 3.73. The van der Waals surface area contributed by atoms with Crippen molar-refractivity contribution in [3.05, 3.63) is 46.0 Å². The SMILES string of the molecule is COc1ccc(OC)c(NC(=O)C(=O)NN=C(C)CC(=O)Nc2cccc(I)c2)c1. The molecule has 0 aliphatic heterocycles. The lowest BCUT2D eigenvalue weighted by Gasteiger charge is -2.11. The Balaban J connectivity index is 1.91. The second kappa shape index (κ2) is 11.1. The van der Waals surface area contributed by atoms with Crippen molar-refractivity contribution in [3.63, 3.8) is 0 Å². The first kappa shape index (κ1) is 23.1. The summed E-state index contributed by atoms with van der Waals surface area (Å²) in [5.74, 6) is -1.37. The number of rotatable bonds is 7. The number of benzene rings is 2. The molecule has 0 bridgehead atoms. The minimum atomic E-state index is -0.989. The first-order valence-electron chi connectivity index (χ1n) is 8.74. The molecule has 2 aromatic rings. The zero-order valence-corrected chi connectivity index (χ0v) is 18.8. The van der Waals surface area contributed by atoms with Crippen molar-refractivity contribution in [1.29, 1.82) is 0 Å². The Kier molecular flexibility index (Phi) is 8.59. The fraction of sp³-hybridized carbons (Fsp3) is 0.200. The molecular formula is C20H21IN4O5. The molecule has 0 aromatic heterocycles. The van der Waals surface area contributed by atoms with Crippen LogP contribution in [0, 0.1) is 3.57 Å². The molecule has 0 aliphatic carbocycles. The van der Waals surface area contributed by atoms with Crippen LogP contribution in [0.3, 0.4) is 0 Å². The molecule has 0 fully saturated rings. The lowest BCUT2D eigenvalue weighted by Crippen LogP contribution is -2.33. The number of carbonyl (C=O) groups is 3. The minimum Gasteiger partial charge on any atom is -0.497 e. The summed E-state index contributed by atoms with van der Waals surface area (Å²) in [6, 6.07) is 12.1. The molecule has 158 valence electrons. The summed E-state index contributed by atoms with van der Waals surface area (Å²) < 4.78 is 11.2. The molecule has 10 heteroatoms. The normalized spacial score (nSPS) is 10.7. The van der Waals surface area contributed by atoms with Gasteiger partial charge in [-0.05, 0) is 59.8 Å². The number of carbonyl (C=O) groups excluding carboxylic acids is 3. The Labute approximate surface area is 187 Å². The Bertz CT molecular complexity index is 977. The molecule has 0 saturated carbocycles. The van der Waals surface area contributed by atoms with Crippen molar-refractivity contribution in [2.24, 2.45) is 5.10 Å². The van der Waals surface area contributed by atoms with E-state index in [0.717, 1.165) is 3.57 Å². The third-order valence-corrected chi connectivity index (χ3v) is 4.41. The number of amides is 3. The summed E-state index contributed by atoms with van der Waals surface area (Å²) in [6.45, 7) is 1.57. The van der Waals surface area contributed by atoms with Gasteiger partial charge in [0.25, 0.3) is 0 Å². The van der Waals surface area contributed by atoms with E-state index in [4.69, 9.17) is 9.47 Å². The van der Waals surface area contributed by atoms with Crippen LogP contribution in [0.25, 0.3) is 0 Å². The van der Waals surface area contributed by atoms with Gasteiger partial charge in [-0.25, -0.2) is 5.43 Å². The predicted octanol–water partition coefficient (Wildman–Crippen LogP) is 2.77. The minimum absolute atomic E-state index is 0.0446. The van der Waals surface area contributed by atoms with E-state index < -0.39 is 11.8 Å². The van der Waals surface area contributed by atoms with E-state index in [9.17, 15) is 14.4 Å². The van der Waals surface area contributed by atoms with Crippen LogP contribution in [0.5, 0.6) is 11.5 Å². The Hall–Kier alpha value is -3.15. The summed E-state index contributed by atoms with van der Waals surface area (Å²) in [4.78, 5) is 36.2. The first-order chi connectivity index (χ1) is 14.3. The third kappa shape index (κ3) is 7.03. The van der Waals surface area contributed by atoms with Crippen molar-refractivity contribution < 1.29 is 23.9 Å². The predicted molar refractivity (Wildman–Crippen MR) is 122 cm³/mol. The van der Waals surface area contributed by atoms with E-state index in [0.29, 0.717) is 22.9 Å². The number of nitrogens with one attached hydrogen (secondary N) is 3. The van der Waals surface area contributed by atoms with Crippen LogP contribution < -0.4 is 25.5 Å². The Morgan fingerprint density at radius 3 is 2.43 bits per heavy atom. The van der Waals surface area contributed by atoms with Crippen LogP contribution >= 0.6 is 22.6 Å². The van der Waals surface area contributed by atoms with Crippen molar-refractivity contribution in [1.82, 2.24) is 5.43 Å². The maximum Gasteiger partial charge on any atom is 0.329 e. The van der Waals surface area contributed by atoms with Gasteiger partial charge in [0.15, 0.2) is 0 Å². The van der Waals surface area contributed by atoms with Crippen LogP contribution in [-0.4, -0.2) is 37.7 Å². The molecule has 2 aromatic carbocycles. The number of methoxy groups -OCH3 is 2. The van der Waals surface area contributed by atoms with Crippen molar-refractivity contribution in [2.75, 3.05) is 24.9 Å². The smallest absolute Gasteiger partial charge is 0.329 e. The molecule has 0 heterocycles. The number of anilines is 2. The maximum atomic E-state index is 12.1. The molecule has 2 rings (SSSR count). The van der Waals surface area contributed by atoms with E-state index in [1.54, 1.807) is 25.1 Å². The number of nitrogens with zero attached hydrogens (tertiary/aromatic N) is 1. The van der Waals surface area contributed by atoms with Crippen LogP contribution in [0.1, 0.15) is 13.3 Å². The molecule has 0 atom stereocenters. The van der Waals surface area contributed by atoms with Crippen molar-refractivity contribution in [2.45, 2.75) is 13.3 Å². The summed E-state index contributed by atoms with van der Waals surface area (Å²) in [5, 5.41) is 8.97. The molecular weight excluding hydrogens is 503 g/mol. The molecule has 3 N–H and O–H groups in total. The largest absolute Gasteiger partial charge is 0.497 e. The van der Waals surface area contributed by atoms with E-state index in [-0.39, 0.29) is 18.0 Å². The molecule has 0 spiro atoms. The molecule has 0 aliphatic rings. The van der Waals surface area contributed by atoms with Gasteiger partial charge in [-0.3, -0.25) is 14.4 Å².